The lowest BCUT2D eigenvalue weighted by atomic mass is 9.98. The van der Waals surface area contributed by atoms with Crippen LogP contribution in [0.15, 0.2) is 0 Å². The maximum absolute atomic E-state index is 4.93. The summed E-state index contributed by atoms with van der Waals surface area (Å²) in [5.41, 5.74) is 1.51. The van der Waals surface area contributed by atoms with E-state index in [2.05, 4.69) is 45.0 Å². The van der Waals surface area contributed by atoms with Crippen molar-refractivity contribution in [3.8, 4) is 0 Å². The average Bonchev–Trinajstić information content (AvgIpc) is 2.88. The van der Waals surface area contributed by atoms with Crippen molar-refractivity contribution in [1.29, 1.82) is 0 Å². The van der Waals surface area contributed by atoms with Crippen LogP contribution in [0.1, 0.15) is 70.0 Å². The lowest BCUT2D eigenvalue weighted by molar-refractivity contribution is 0.462. The Bertz CT molecular complexity index is 439. The third-order valence-electron chi connectivity index (χ3n) is 4.64. The van der Waals surface area contributed by atoms with E-state index in [9.17, 15) is 0 Å². The van der Waals surface area contributed by atoms with Gasteiger partial charge in [-0.05, 0) is 52.5 Å². The van der Waals surface area contributed by atoms with Crippen molar-refractivity contribution in [2.75, 3.05) is 18.5 Å². The summed E-state index contributed by atoms with van der Waals surface area (Å²) >= 11 is 1.90. The molecule has 1 aromatic rings. The average molecular weight is 295 g/mol. The zero-order valence-electron chi connectivity index (χ0n) is 13.6. The molecule has 0 spiro atoms. The van der Waals surface area contributed by atoms with Gasteiger partial charge in [-0.3, -0.25) is 0 Å². The second-order valence-corrected chi connectivity index (χ2v) is 7.44. The number of rotatable bonds is 6. The lowest BCUT2D eigenvalue weighted by Crippen LogP contribution is -2.40. The van der Waals surface area contributed by atoms with Crippen molar-refractivity contribution in [3.05, 3.63) is 10.6 Å². The van der Waals surface area contributed by atoms with E-state index >= 15 is 0 Å². The molecule has 0 radical (unpaired) electrons. The number of anilines is 1. The molecule has 0 aliphatic heterocycles. The zero-order chi connectivity index (χ0) is 14.8. The van der Waals surface area contributed by atoms with Crippen molar-refractivity contribution >= 4 is 16.5 Å². The zero-order valence-corrected chi connectivity index (χ0v) is 14.4. The van der Waals surface area contributed by atoms with Crippen LogP contribution >= 0.6 is 11.3 Å². The first-order chi connectivity index (χ1) is 9.49. The highest BCUT2D eigenvalue weighted by molar-refractivity contribution is 7.15. The molecule has 0 bridgehead atoms. The second-order valence-electron chi connectivity index (χ2n) is 6.43. The first-order valence-electron chi connectivity index (χ1n) is 7.96. The van der Waals surface area contributed by atoms with Gasteiger partial charge in [-0.1, -0.05) is 25.2 Å². The summed E-state index contributed by atoms with van der Waals surface area (Å²) in [7, 11) is 2.18. The molecule has 0 fully saturated rings. The third-order valence-corrected chi connectivity index (χ3v) is 5.93. The van der Waals surface area contributed by atoms with Gasteiger partial charge in [0.2, 0.25) is 0 Å². The fraction of sp³-hybridized carbons (Fsp3) is 0.812. The van der Waals surface area contributed by atoms with Crippen LogP contribution in [-0.2, 0) is 6.42 Å². The number of thiazole rings is 1. The van der Waals surface area contributed by atoms with Gasteiger partial charge >= 0.3 is 0 Å². The van der Waals surface area contributed by atoms with Gasteiger partial charge in [0.25, 0.3) is 0 Å². The summed E-state index contributed by atoms with van der Waals surface area (Å²) in [6.07, 6.45) is 6.00. The van der Waals surface area contributed by atoms with Crippen LogP contribution in [-0.4, -0.2) is 24.1 Å². The van der Waals surface area contributed by atoms with E-state index in [0.717, 1.165) is 19.4 Å². The van der Waals surface area contributed by atoms with Crippen LogP contribution in [0.4, 0.5) is 5.13 Å². The van der Waals surface area contributed by atoms with Crippen LogP contribution in [0, 0.1) is 0 Å². The van der Waals surface area contributed by atoms with E-state index in [0.29, 0.717) is 6.04 Å². The van der Waals surface area contributed by atoms with E-state index in [1.165, 1.54) is 35.0 Å². The van der Waals surface area contributed by atoms with Gasteiger partial charge in [0.15, 0.2) is 5.13 Å². The minimum absolute atomic E-state index is 0.173. The van der Waals surface area contributed by atoms with Gasteiger partial charge in [0.1, 0.15) is 0 Å². The molecule has 0 saturated heterocycles. The Labute approximate surface area is 127 Å². The molecule has 0 amide bonds. The molecule has 1 unspecified atom stereocenters. The van der Waals surface area contributed by atoms with Crippen molar-refractivity contribution in [2.45, 2.75) is 71.4 Å². The number of aryl methyl sites for hydroxylation is 1. The minimum atomic E-state index is 0.173. The number of hydrogen-bond donors (Lipinski definition) is 1. The summed E-state index contributed by atoms with van der Waals surface area (Å²) in [5.74, 6) is 0. The topological polar surface area (TPSA) is 28.2 Å². The molecular formula is C16H29N3S. The highest BCUT2D eigenvalue weighted by Crippen LogP contribution is 2.39. The van der Waals surface area contributed by atoms with E-state index in [1.807, 2.05) is 11.3 Å². The first kappa shape index (κ1) is 15.8. The maximum atomic E-state index is 4.93. The molecule has 1 heterocycles. The van der Waals surface area contributed by atoms with Crippen molar-refractivity contribution < 1.29 is 0 Å². The summed E-state index contributed by atoms with van der Waals surface area (Å²) in [6.45, 7) is 10.2. The predicted octanol–water partition coefficient (Wildman–Crippen LogP) is 4.14. The Balaban J connectivity index is 2.21. The Morgan fingerprint density at radius 2 is 2.15 bits per heavy atom. The molecule has 0 aromatic carbocycles. The highest BCUT2D eigenvalue weighted by Gasteiger charge is 2.29. The number of aromatic nitrogens is 1. The van der Waals surface area contributed by atoms with Crippen molar-refractivity contribution in [3.63, 3.8) is 0 Å². The first-order valence-corrected chi connectivity index (χ1v) is 8.78. The van der Waals surface area contributed by atoms with Gasteiger partial charge in [0, 0.05) is 23.5 Å². The highest BCUT2D eigenvalue weighted by atomic mass is 32.1. The Morgan fingerprint density at radius 3 is 2.80 bits per heavy atom. The Morgan fingerprint density at radius 1 is 1.40 bits per heavy atom. The SMILES string of the molecule is CCCNC1CCCc2nc(N(C)C(C)(C)CC)sc21. The van der Waals surface area contributed by atoms with Gasteiger partial charge in [0.05, 0.1) is 5.69 Å². The van der Waals surface area contributed by atoms with Crippen LogP contribution in [0.5, 0.6) is 0 Å². The smallest absolute Gasteiger partial charge is 0.186 e. The predicted molar refractivity (Wildman–Crippen MR) is 88.9 cm³/mol. The minimum Gasteiger partial charge on any atom is -0.346 e. The number of fused-ring (bicyclic) bond motifs is 1. The fourth-order valence-corrected chi connectivity index (χ4v) is 3.91. The van der Waals surface area contributed by atoms with Crippen molar-refractivity contribution in [2.24, 2.45) is 0 Å². The van der Waals surface area contributed by atoms with Gasteiger partial charge in [-0.25, -0.2) is 4.98 Å². The molecule has 2 rings (SSSR count). The largest absolute Gasteiger partial charge is 0.346 e. The lowest BCUT2D eigenvalue weighted by Gasteiger charge is -2.34. The summed E-state index contributed by atoms with van der Waals surface area (Å²) in [5, 5.41) is 4.87. The van der Waals surface area contributed by atoms with E-state index in [4.69, 9.17) is 4.98 Å². The summed E-state index contributed by atoms with van der Waals surface area (Å²) in [6, 6.07) is 0.531. The summed E-state index contributed by atoms with van der Waals surface area (Å²) in [4.78, 5) is 8.77. The molecular weight excluding hydrogens is 266 g/mol. The molecule has 0 saturated carbocycles. The van der Waals surface area contributed by atoms with Crippen molar-refractivity contribution in [1.82, 2.24) is 10.3 Å². The summed E-state index contributed by atoms with van der Waals surface area (Å²) < 4.78 is 0. The molecule has 1 atom stereocenters. The molecule has 3 nitrogen and oxygen atoms in total. The second kappa shape index (κ2) is 6.44. The maximum Gasteiger partial charge on any atom is 0.186 e. The molecule has 20 heavy (non-hydrogen) atoms. The van der Waals surface area contributed by atoms with Crippen LogP contribution in [0.25, 0.3) is 0 Å². The monoisotopic (exact) mass is 295 g/mol. The molecule has 1 N–H and O–H groups in total. The van der Waals surface area contributed by atoms with Gasteiger partial charge in [-0.2, -0.15) is 0 Å². The third kappa shape index (κ3) is 3.17. The Hall–Kier alpha value is -0.610. The Kier molecular flexibility index (Phi) is 5.08. The van der Waals surface area contributed by atoms with E-state index in [-0.39, 0.29) is 5.54 Å². The number of nitrogens with zero attached hydrogens (tertiary/aromatic N) is 2. The molecule has 4 heteroatoms. The molecule has 1 aliphatic carbocycles. The van der Waals surface area contributed by atoms with Crippen LogP contribution < -0.4 is 10.2 Å². The molecule has 114 valence electrons. The quantitative estimate of drug-likeness (QED) is 0.854. The van der Waals surface area contributed by atoms with Crippen LogP contribution in [0.2, 0.25) is 0 Å². The van der Waals surface area contributed by atoms with Crippen LogP contribution in [0.3, 0.4) is 0 Å². The van der Waals surface area contributed by atoms with Gasteiger partial charge in [-0.15, -0.1) is 0 Å². The van der Waals surface area contributed by atoms with Gasteiger partial charge < -0.3 is 10.2 Å². The normalized spacial score (nSPS) is 18.9. The van der Waals surface area contributed by atoms with E-state index < -0.39 is 0 Å². The fourth-order valence-electron chi connectivity index (χ4n) is 2.56. The molecule has 1 aromatic heterocycles. The number of nitrogens with one attached hydrogen (secondary N) is 1. The molecule has 1 aliphatic rings. The standard InChI is InChI=1S/C16H29N3S/c1-6-11-17-12-9-8-10-13-14(12)20-15(18-13)19(5)16(3,4)7-2/h12,17H,6-11H2,1-5H3. The number of hydrogen-bond acceptors (Lipinski definition) is 4. The van der Waals surface area contributed by atoms with E-state index in [1.54, 1.807) is 0 Å².